The first kappa shape index (κ1) is 19.3. The molecule has 1 amide bonds. The average molecular weight is 423 g/mol. The molecule has 2 aromatic heterocycles. The number of hydrogen-bond donors (Lipinski definition) is 0. The van der Waals surface area contributed by atoms with Crippen molar-refractivity contribution in [3.63, 3.8) is 0 Å². The Bertz CT molecular complexity index is 1280. The first-order valence-corrected chi connectivity index (χ1v) is 10.8. The summed E-state index contributed by atoms with van der Waals surface area (Å²) < 4.78 is 7.85. The van der Waals surface area contributed by atoms with Crippen molar-refractivity contribution < 1.29 is 14.3 Å². The highest BCUT2D eigenvalue weighted by molar-refractivity contribution is 7.17. The fraction of sp³-hybridized carbons (Fsp3) is 0.136. The number of thiophene rings is 1. The molecule has 0 bridgehead atoms. The number of amides is 1. The first-order valence-electron chi connectivity index (χ1n) is 9.12. The number of thiazole rings is 1. The number of carbonyl (C=O) groups excluding carboxylic acids is 2. The standard InChI is InChI=1S/C22H18N2O3S2/c1-2-27-20(26)14-24-18-11-9-15-6-3-4-8-17(15)21(18)29-22(24)23-19(25)12-10-16-7-5-13-28-16/h3-13H,2,14H2,1H3. The Kier molecular flexibility index (Phi) is 5.69. The summed E-state index contributed by atoms with van der Waals surface area (Å²) in [5.74, 6) is -0.727. The van der Waals surface area contributed by atoms with E-state index >= 15 is 0 Å². The molecule has 7 heteroatoms. The number of carbonyl (C=O) groups is 2. The second-order valence-corrected chi connectivity index (χ2v) is 8.17. The number of fused-ring (bicyclic) bond motifs is 3. The lowest BCUT2D eigenvalue weighted by molar-refractivity contribution is -0.143. The number of aromatic nitrogens is 1. The van der Waals surface area contributed by atoms with Crippen molar-refractivity contribution >= 4 is 61.6 Å². The van der Waals surface area contributed by atoms with E-state index in [0.29, 0.717) is 11.4 Å². The Hall–Kier alpha value is -3.03. The SMILES string of the molecule is CCOC(=O)Cn1c(=NC(=O)C=Cc2cccs2)sc2c3ccccc3ccc21. The molecule has 0 aliphatic carbocycles. The highest BCUT2D eigenvalue weighted by Gasteiger charge is 2.13. The van der Waals surface area contributed by atoms with Gasteiger partial charge < -0.3 is 9.30 Å². The third-order valence-corrected chi connectivity index (χ3v) is 6.27. The van der Waals surface area contributed by atoms with Gasteiger partial charge in [0.1, 0.15) is 6.54 Å². The molecular formula is C22H18N2O3S2. The fourth-order valence-electron chi connectivity index (χ4n) is 3.04. The lowest BCUT2D eigenvalue weighted by Crippen LogP contribution is -2.22. The van der Waals surface area contributed by atoms with Gasteiger partial charge in [-0.1, -0.05) is 47.7 Å². The number of benzene rings is 2. The van der Waals surface area contributed by atoms with Crippen LogP contribution in [0, 0.1) is 0 Å². The molecule has 0 saturated carbocycles. The van der Waals surface area contributed by atoms with Crippen LogP contribution in [0.25, 0.3) is 27.1 Å². The molecule has 4 rings (SSSR count). The van der Waals surface area contributed by atoms with Crippen LogP contribution in [-0.4, -0.2) is 23.1 Å². The van der Waals surface area contributed by atoms with Gasteiger partial charge in [-0.3, -0.25) is 9.59 Å². The largest absolute Gasteiger partial charge is 0.465 e. The smallest absolute Gasteiger partial charge is 0.326 e. The van der Waals surface area contributed by atoms with E-state index < -0.39 is 0 Å². The Labute approximate surface area is 175 Å². The molecule has 0 aliphatic heterocycles. The molecule has 0 spiro atoms. The minimum Gasteiger partial charge on any atom is -0.465 e. The lowest BCUT2D eigenvalue weighted by Gasteiger charge is -2.05. The molecule has 4 aromatic rings. The Morgan fingerprint density at radius 3 is 2.79 bits per heavy atom. The van der Waals surface area contributed by atoms with Gasteiger partial charge in [0.25, 0.3) is 5.91 Å². The van der Waals surface area contributed by atoms with Crippen molar-refractivity contribution in [1.29, 1.82) is 0 Å². The van der Waals surface area contributed by atoms with Crippen molar-refractivity contribution in [1.82, 2.24) is 4.57 Å². The molecule has 0 radical (unpaired) electrons. The summed E-state index contributed by atoms with van der Waals surface area (Å²) in [5, 5.41) is 4.11. The number of ether oxygens (including phenoxy) is 1. The van der Waals surface area contributed by atoms with E-state index in [9.17, 15) is 9.59 Å². The van der Waals surface area contributed by atoms with Crippen LogP contribution in [0.4, 0.5) is 0 Å². The predicted octanol–water partition coefficient (Wildman–Crippen LogP) is 4.62. The van der Waals surface area contributed by atoms with Gasteiger partial charge in [0.2, 0.25) is 0 Å². The van der Waals surface area contributed by atoms with Crippen LogP contribution >= 0.6 is 22.7 Å². The molecule has 0 atom stereocenters. The summed E-state index contributed by atoms with van der Waals surface area (Å²) in [6.45, 7) is 2.08. The molecule has 5 nitrogen and oxygen atoms in total. The monoisotopic (exact) mass is 422 g/mol. The minimum absolute atomic E-state index is 0.00688. The van der Waals surface area contributed by atoms with Gasteiger partial charge >= 0.3 is 5.97 Å². The van der Waals surface area contributed by atoms with Crippen LogP contribution in [0.2, 0.25) is 0 Å². The van der Waals surface area contributed by atoms with E-state index in [1.165, 1.54) is 17.4 Å². The first-order chi connectivity index (χ1) is 14.2. The van der Waals surface area contributed by atoms with E-state index in [1.807, 2.05) is 53.9 Å². The maximum atomic E-state index is 12.4. The number of rotatable bonds is 5. The average Bonchev–Trinajstić information content (AvgIpc) is 3.35. The van der Waals surface area contributed by atoms with E-state index in [4.69, 9.17) is 4.74 Å². The minimum atomic E-state index is -0.369. The van der Waals surface area contributed by atoms with Crippen molar-refractivity contribution in [2.45, 2.75) is 13.5 Å². The summed E-state index contributed by atoms with van der Waals surface area (Å²) in [6, 6.07) is 15.9. The number of nitrogens with zero attached hydrogens (tertiary/aromatic N) is 2. The topological polar surface area (TPSA) is 60.7 Å². The molecule has 29 heavy (non-hydrogen) atoms. The zero-order valence-electron chi connectivity index (χ0n) is 15.7. The van der Waals surface area contributed by atoms with Gasteiger partial charge in [-0.15, -0.1) is 11.3 Å². The normalized spacial score (nSPS) is 12.2. The third kappa shape index (κ3) is 4.21. The molecule has 2 aromatic carbocycles. The highest BCUT2D eigenvalue weighted by atomic mass is 32.1. The van der Waals surface area contributed by atoms with Crippen LogP contribution in [0.5, 0.6) is 0 Å². The molecule has 0 saturated heterocycles. The second kappa shape index (κ2) is 8.55. The van der Waals surface area contributed by atoms with Crippen molar-refractivity contribution in [2.24, 2.45) is 4.99 Å². The van der Waals surface area contributed by atoms with E-state index in [0.717, 1.165) is 25.9 Å². The van der Waals surface area contributed by atoms with Gasteiger partial charge in [-0.2, -0.15) is 4.99 Å². The van der Waals surface area contributed by atoms with Gasteiger partial charge in [-0.25, -0.2) is 0 Å². The molecule has 0 fully saturated rings. The Balaban J connectivity index is 1.83. The van der Waals surface area contributed by atoms with Crippen LogP contribution in [0.1, 0.15) is 11.8 Å². The Morgan fingerprint density at radius 1 is 1.14 bits per heavy atom. The third-order valence-electron chi connectivity index (χ3n) is 4.31. The maximum Gasteiger partial charge on any atom is 0.326 e. The molecular weight excluding hydrogens is 404 g/mol. The summed E-state index contributed by atoms with van der Waals surface area (Å²) in [5.41, 5.74) is 0.857. The molecule has 2 heterocycles. The summed E-state index contributed by atoms with van der Waals surface area (Å²) >= 11 is 2.95. The zero-order valence-corrected chi connectivity index (χ0v) is 17.3. The summed E-state index contributed by atoms with van der Waals surface area (Å²) in [7, 11) is 0. The summed E-state index contributed by atoms with van der Waals surface area (Å²) in [4.78, 5) is 30.3. The second-order valence-electron chi connectivity index (χ2n) is 6.21. The van der Waals surface area contributed by atoms with Gasteiger partial charge in [-0.05, 0) is 35.9 Å². The van der Waals surface area contributed by atoms with Crippen LogP contribution in [0.3, 0.4) is 0 Å². The van der Waals surface area contributed by atoms with Crippen molar-refractivity contribution in [2.75, 3.05) is 6.61 Å². The van der Waals surface area contributed by atoms with E-state index in [1.54, 1.807) is 28.9 Å². The van der Waals surface area contributed by atoms with Gasteiger partial charge in [0, 0.05) is 16.3 Å². The molecule has 0 unspecified atom stereocenters. The van der Waals surface area contributed by atoms with Gasteiger partial charge in [0.15, 0.2) is 4.80 Å². The maximum absolute atomic E-state index is 12.4. The van der Waals surface area contributed by atoms with Crippen LogP contribution < -0.4 is 4.80 Å². The fourth-order valence-corrected chi connectivity index (χ4v) is 4.83. The highest BCUT2D eigenvalue weighted by Crippen LogP contribution is 2.27. The lowest BCUT2D eigenvalue weighted by atomic mass is 10.1. The summed E-state index contributed by atoms with van der Waals surface area (Å²) in [6.07, 6.45) is 3.19. The van der Waals surface area contributed by atoms with Gasteiger partial charge in [0.05, 0.1) is 16.8 Å². The van der Waals surface area contributed by atoms with Crippen LogP contribution in [0.15, 0.2) is 65.0 Å². The Morgan fingerprint density at radius 2 is 2.00 bits per heavy atom. The predicted molar refractivity (Wildman–Crippen MR) is 118 cm³/mol. The van der Waals surface area contributed by atoms with Crippen LogP contribution in [-0.2, 0) is 20.9 Å². The quantitative estimate of drug-likeness (QED) is 0.348. The van der Waals surface area contributed by atoms with E-state index in [-0.39, 0.29) is 18.4 Å². The molecule has 0 N–H and O–H groups in total. The molecule has 0 aliphatic rings. The van der Waals surface area contributed by atoms with E-state index in [2.05, 4.69) is 4.99 Å². The number of esters is 1. The number of hydrogen-bond acceptors (Lipinski definition) is 5. The van der Waals surface area contributed by atoms with Crippen molar-refractivity contribution in [3.8, 4) is 0 Å². The molecule has 146 valence electrons. The van der Waals surface area contributed by atoms with Crippen molar-refractivity contribution in [3.05, 3.63) is 69.7 Å². The zero-order chi connectivity index (χ0) is 20.2.